The van der Waals surface area contributed by atoms with Crippen LogP contribution in [0.15, 0.2) is 11.6 Å². The summed E-state index contributed by atoms with van der Waals surface area (Å²) in [5.41, 5.74) is 2.11. The Hall–Kier alpha value is -0.300. The van der Waals surface area contributed by atoms with E-state index in [0.29, 0.717) is 11.5 Å². The average Bonchev–Trinajstić information content (AvgIpc) is 2.33. The zero-order valence-electron chi connectivity index (χ0n) is 14.1. The summed E-state index contributed by atoms with van der Waals surface area (Å²) >= 11 is 0. The smallest absolute Gasteiger partial charge is 0.0166 e. The standard InChI is InChI=1S/C18H35N/c1-7-15(13-19-14(2)3)12-16-8-10-17(11-9-16)18(4,5)6/h12,14,16-17,19H,7-11,13H2,1-6H3. The molecule has 1 nitrogen and oxygen atoms in total. The van der Waals surface area contributed by atoms with Crippen molar-refractivity contribution < 1.29 is 0 Å². The van der Waals surface area contributed by atoms with Crippen molar-refractivity contribution in [3.63, 3.8) is 0 Å². The lowest BCUT2D eigenvalue weighted by atomic mass is 9.69. The summed E-state index contributed by atoms with van der Waals surface area (Å²) < 4.78 is 0. The lowest BCUT2D eigenvalue weighted by Gasteiger charge is -2.36. The monoisotopic (exact) mass is 265 g/mol. The molecule has 0 saturated heterocycles. The van der Waals surface area contributed by atoms with E-state index in [2.05, 4.69) is 52.9 Å². The Morgan fingerprint density at radius 1 is 1.16 bits per heavy atom. The molecule has 1 heteroatoms. The van der Waals surface area contributed by atoms with Gasteiger partial charge in [0.1, 0.15) is 0 Å². The molecule has 1 fully saturated rings. The van der Waals surface area contributed by atoms with Crippen LogP contribution in [0.1, 0.15) is 73.6 Å². The van der Waals surface area contributed by atoms with E-state index in [1.54, 1.807) is 5.57 Å². The van der Waals surface area contributed by atoms with Crippen LogP contribution in [0.25, 0.3) is 0 Å². The lowest BCUT2D eigenvalue weighted by molar-refractivity contribution is 0.162. The maximum absolute atomic E-state index is 3.55. The van der Waals surface area contributed by atoms with Crippen LogP contribution in [-0.2, 0) is 0 Å². The SMILES string of the molecule is CCC(=CC1CCC(C(C)(C)C)CC1)CNC(C)C. The normalized spacial score (nSPS) is 25.9. The van der Waals surface area contributed by atoms with Gasteiger partial charge in [-0.3, -0.25) is 0 Å². The fourth-order valence-corrected chi connectivity index (χ4v) is 3.12. The quantitative estimate of drug-likeness (QED) is 0.676. The van der Waals surface area contributed by atoms with E-state index >= 15 is 0 Å². The highest BCUT2D eigenvalue weighted by atomic mass is 14.9. The number of hydrogen-bond acceptors (Lipinski definition) is 1. The molecule has 1 N–H and O–H groups in total. The Labute approximate surface area is 121 Å². The van der Waals surface area contributed by atoms with Gasteiger partial charge in [0.2, 0.25) is 0 Å². The Morgan fingerprint density at radius 3 is 2.16 bits per heavy atom. The number of hydrogen-bond donors (Lipinski definition) is 1. The van der Waals surface area contributed by atoms with E-state index < -0.39 is 0 Å². The summed E-state index contributed by atoms with van der Waals surface area (Å²) in [5.74, 6) is 1.76. The maximum Gasteiger partial charge on any atom is 0.0166 e. The van der Waals surface area contributed by atoms with Crippen LogP contribution in [0.5, 0.6) is 0 Å². The minimum atomic E-state index is 0.501. The van der Waals surface area contributed by atoms with Crippen molar-refractivity contribution in [2.45, 2.75) is 79.7 Å². The highest BCUT2D eigenvalue weighted by Crippen LogP contribution is 2.40. The molecule has 0 spiro atoms. The van der Waals surface area contributed by atoms with Crippen molar-refractivity contribution in [3.05, 3.63) is 11.6 Å². The topological polar surface area (TPSA) is 12.0 Å². The van der Waals surface area contributed by atoms with Crippen molar-refractivity contribution in [2.75, 3.05) is 6.54 Å². The fraction of sp³-hybridized carbons (Fsp3) is 0.889. The highest BCUT2D eigenvalue weighted by Gasteiger charge is 2.28. The molecule has 0 bridgehead atoms. The average molecular weight is 265 g/mol. The van der Waals surface area contributed by atoms with E-state index in [1.165, 1.54) is 32.1 Å². The molecule has 1 aliphatic carbocycles. The molecular formula is C18H35N. The lowest BCUT2D eigenvalue weighted by Crippen LogP contribution is -2.27. The number of allylic oxidation sites excluding steroid dienone is 1. The van der Waals surface area contributed by atoms with Crippen LogP contribution in [0.4, 0.5) is 0 Å². The third-order valence-electron chi connectivity index (χ3n) is 4.66. The molecule has 1 rings (SSSR count). The van der Waals surface area contributed by atoms with E-state index in [9.17, 15) is 0 Å². The maximum atomic E-state index is 3.55. The van der Waals surface area contributed by atoms with Crippen LogP contribution in [0.2, 0.25) is 0 Å². The van der Waals surface area contributed by atoms with Crippen LogP contribution < -0.4 is 5.32 Å². The number of nitrogens with one attached hydrogen (secondary N) is 1. The van der Waals surface area contributed by atoms with Gasteiger partial charge in [0.05, 0.1) is 0 Å². The summed E-state index contributed by atoms with van der Waals surface area (Å²) in [5, 5.41) is 3.55. The summed E-state index contributed by atoms with van der Waals surface area (Å²) in [6.07, 6.45) is 9.39. The van der Waals surface area contributed by atoms with Gasteiger partial charge in [-0.25, -0.2) is 0 Å². The van der Waals surface area contributed by atoms with Crippen molar-refractivity contribution in [2.24, 2.45) is 17.3 Å². The third kappa shape index (κ3) is 6.12. The molecule has 19 heavy (non-hydrogen) atoms. The second-order valence-corrected chi connectivity index (χ2v) is 7.69. The molecule has 0 amide bonds. The molecule has 112 valence electrons. The van der Waals surface area contributed by atoms with Crippen LogP contribution >= 0.6 is 0 Å². The molecule has 0 radical (unpaired) electrons. The Kier molecular flexibility index (Phi) is 6.59. The van der Waals surface area contributed by atoms with Crippen LogP contribution in [0, 0.1) is 17.3 Å². The highest BCUT2D eigenvalue weighted by molar-refractivity contribution is 5.07. The zero-order valence-corrected chi connectivity index (χ0v) is 14.1. The Morgan fingerprint density at radius 2 is 1.74 bits per heavy atom. The molecule has 1 saturated carbocycles. The summed E-state index contributed by atoms with van der Waals surface area (Å²) in [6, 6.07) is 0.589. The molecule has 0 aromatic heterocycles. The molecule has 0 aliphatic heterocycles. The number of rotatable bonds is 5. The van der Waals surface area contributed by atoms with Crippen molar-refractivity contribution in [3.8, 4) is 0 Å². The van der Waals surface area contributed by atoms with Gasteiger partial charge in [0.25, 0.3) is 0 Å². The predicted molar refractivity (Wildman–Crippen MR) is 86.4 cm³/mol. The summed E-state index contributed by atoms with van der Waals surface area (Å²) in [4.78, 5) is 0. The van der Waals surface area contributed by atoms with Gasteiger partial charge in [-0.2, -0.15) is 0 Å². The van der Waals surface area contributed by atoms with E-state index in [0.717, 1.165) is 18.4 Å². The van der Waals surface area contributed by atoms with E-state index in [-0.39, 0.29) is 0 Å². The second-order valence-electron chi connectivity index (χ2n) is 7.69. The van der Waals surface area contributed by atoms with Gasteiger partial charge in [-0.1, -0.05) is 53.2 Å². The van der Waals surface area contributed by atoms with Crippen LogP contribution in [-0.4, -0.2) is 12.6 Å². The van der Waals surface area contributed by atoms with Gasteiger partial charge in [0, 0.05) is 12.6 Å². The first-order valence-electron chi connectivity index (χ1n) is 8.25. The van der Waals surface area contributed by atoms with Gasteiger partial charge in [-0.05, 0) is 49.4 Å². The van der Waals surface area contributed by atoms with Gasteiger partial charge >= 0.3 is 0 Å². The first-order valence-corrected chi connectivity index (χ1v) is 8.25. The molecule has 0 heterocycles. The van der Waals surface area contributed by atoms with Crippen molar-refractivity contribution >= 4 is 0 Å². The van der Waals surface area contributed by atoms with Gasteiger partial charge < -0.3 is 5.32 Å². The van der Waals surface area contributed by atoms with Crippen molar-refractivity contribution in [1.82, 2.24) is 5.32 Å². The van der Waals surface area contributed by atoms with Crippen LogP contribution in [0.3, 0.4) is 0 Å². The molecule has 0 unspecified atom stereocenters. The van der Waals surface area contributed by atoms with Crippen molar-refractivity contribution in [1.29, 1.82) is 0 Å². The predicted octanol–water partition coefficient (Wildman–Crippen LogP) is 5.17. The largest absolute Gasteiger partial charge is 0.311 e. The minimum absolute atomic E-state index is 0.501. The Bertz CT molecular complexity index is 275. The zero-order chi connectivity index (χ0) is 14.5. The second kappa shape index (κ2) is 7.47. The van der Waals surface area contributed by atoms with E-state index in [4.69, 9.17) is 0 Å². The summed E-state index contributed by atoms with van der Waals surface area (Å²) in [7, 11) is 0. The molecule has 0 aromatic carbocycles. The summed E-state index contributed by atoms with van der Waals surface area (Å²) in [6.45, 7) is 15.0. The first-order chi connectivity index (χ1) is 8.82. The minimum Gasteiger partial charge on any atom is -0.311 e. The van der Waals surface area contributed by atoms with Gasteiger partial charge in [-0.15, -0.1) is 0 Å². The fourth-order valence-electron chi connectivity index (χ4n) is 3.12. The molecule has 1 aliphatic rings. The third-order valence-corrected chi connectivity index (χ3v) is 4.66. The van der Waals surface area contributed by atoms with E-state index in [1.807, 2.05) is 0 Å². The molecular weight excluding hydrogens is 230 g/mol. The first kappa shape index (κ1) is 16.8. The Balaban J connectivity index is 2.45. The van der Waals surface area contributed by atoms with Gasteiger partial charge in [0.15, 0.2) is 0 Å². The molecule has 0 aromatic rings. The molecule has 0 atom stereocenters.